The van der Waals surface area contributed by atoms with Crippen molar-refractivity contribution < 1.29 is 0 Å². The first-order valence-corrected chi connectivity index (χ1v) is 8.92. The second kappa shape index (κ2) is 5.88. The Hall–Kier alpha value is -3.33. The molecule has 1 heterocycles. The summed E-state index contributed by atoms with van der Waals surface area (Å²) < 4.78 is 0. The van der Waals surface area contributed by atoms with Gasteiger partial charge in [0.2, 0.25) is 5.96 Å². The zero-order chi connectivity index (χ0) is 17.5. The minimum atomic E-state index is 0.540. The van der Waals surface area contributed by atoms with E-state index in [1.807, 2.05) is 0 Å². The number of guanidine groups is 1. The standard InChI is InChI=1S/C23H19N3/c24-23-25(21-13-5-9-17-7-1-3-11-19(17)21)15-16-26(23)22-14-6-10-18-8-2-4-12-20(18)22/h1-14,24H,15-16H2. The molecule has 0 saturated carbocycles. The lowest BCUT2D eigenvalue weighted by molar-refractivity contribution is 1.03. The number of fused-ring (bicyclic) bond motifs is 2. The first-order valence-electron chi connectivity index (χ1n) is 8.92. The Kier molecular flexibility index (Phi) is 3.39. The summed E-state index contributed by atoms with van der Waals surface area (Å²) in [4.78, 5) is 4.23. The third-order valence-corrected chi connectivity index (χ3v) is 5.17. The maximum absolute atomic E-state index is 8.84. The molecule has 1 saturated heterocycles. The summed E-state index contributed by atoms with van der Waals surface area (Å²) in [5.74, 6) is 0.540. The van der Waals surface area contributed by atoms with Gasteiger partial charge in [0, 0.05) is 23.9 Å². The molecule has 0 atom stereocenters. The summed E-state index contributed by atoms with van der Waals surface area (Å²) >= 11 is 0. The Morgan fingerprint density at radius 2 is 0.962 bits per heavy atom. The minimum absolute atomic E-state index is 0.540. The molecule has 0 aromatic heterocycles. The summed E-state index contributed by atoms with van der Waals surface area (Å²) in [6, 6.07) is 29.4. The fourth-order valence-electron chi connectivity index (χ4n) is 3.91. The molecule has 0 radical (unpaired) electrons. The van der Waals surface area contributed by atoms with Gasteiger partial charge in [0.05, 0.1) is 11.4 Å². The van der Waals surface area contributed by atoms with Gasteiger partial charge in [-0.15, -0.1) is 0 Å². The van der Waals surface area contributed by atoms with Crippen LogP contribution in [-0.2, 0) is 0 Å². The smallest absolute Gasteiger partial charge is 0.203 e. The predicted octanol–water partition coefficient (Wildman–Crippen LogP) is 5.25. The highest BCUT2D eigenvalue weighted by Crippen LogP contribution is 2.33. The van der Waals surface area contributed by atoms with E-state index in [-0.39, 0.29) is 0 Å². The first-order chi connectivity index (χ1) is 12.8. The monoisotopic (exact) mass is 337 g/mol. The van der Waals surface area contributed by atoms with E-state index in [0.29, 0.717) is 5.96 Å². The molecule has 4 aromatic rings. The second-order valence-corrected chi connectivity index (χ2v) is 6.62. The van der Waals surface area contributed by atoms with E-state index in [1.165, 1.54) is 21.5 Å². The third kappa shape index (κ3) is 2.25. The van der Waals surface area contributed by atoms with Gasteiger partial charge in [-0.25, -0.2) is 0 Å². The molecular formula is C23H19N3. The number of anilines is 2. The number of benzene rings is 4. The molecule has 126 valence electrons. The average molecular weight is 337 g/mol. The molecule has 4 aromatic carbocycles. The van der Waals surface area contributed by atoms with Gasteiger partial charge in [0.1, 0.15) is 0 Å². The maximum atomic E-state index is 8.84. The summed E-state index contributed by atoms with van der Waals surface area (Å²) in [5, 5.41) is 13.6. The molecule has 1 aliphatic rings. The lowest BCUT2D eigenvalue weighted by Gasteiger charge is -2.24. The van der Waals surface area contributed by atoms with Crippen molar-refractivity contribution in [1.82, 2.24) is 0 Å². The van der Waals surface area contributed by atoms with Crippen molar-refractivity contribution in [3.63, 3.8) is 0 Å². The number of nitrogens with one attached hydrogen (secondary N) is 1. The number of rotatable bonds is 2. The van der Waals surface area contributed by atoms with Gasteiger partial charge in [-0.3, -0.25) is 5.41 Å². The molecule has 0 bridgehead atoms. The summed E-state index contributed by atoms with van der Waals surface area (Å²) in [6.07, 6.45) is 0. The maximum Gasteiger partial charge on any atom is 0.203 e. The van der Waals surface area contributed by atoms with Gasteiger partial charge >= 0.3 is 0 Å². The summed E-state index contributed by atoms with van der Waals surface area (Å²) in [5.41, 5.74) is 2.21. The van der Waals surface area contributed by atoms with Crippen LogP contribution in [0.5, 0.6) is 0 Å². The highest BCUT2D eigenvalue weighted by molar-refractivity contribution is 6.14. The van der Waals surface area contributed by atoms with Gasteiger partial charge in [-0.05, 0) is 22.9 Å². The van der Waals surface area contributed by atoms with E-state index in [0.717, 1.165) is 24.5 Å². The highest BCUT2D eigenvalue weighted by atomic mass is 15.4. The average Bonchev–Trinajstić information content (AvgIpc) is 3.08. The molecule has 1 aliphatic heterocycles. The van der Waals surface area contributed by atoms with Crippen molar-refractivity contribution in [1.29, 1.82) is 5.41 Å². The number of nitrogens with zero attached hydrogens (tertiary/aromatic N) is 2. The molecule has 0 aliphatic carbocycles. The fourth-order valence-corrected chi connectivity index (χ4v) is 3.91. The SMILES string of the molecule is N=C1N(c2cccc3ccccc23)CCN1c1cccc2ccccc12. The van der Waals surface area contributed by atoms with Crippen molar-refractivity contribution in [2.45, 2.75) is 0 Å². The lowest BCUT2D eigenvalue weighted by Crippen LogP contribution is -2.32. The van der Waals surface area contributed by atoms with Crippen LogP contribution in [0.25, 0.3) is 21.5 Å². The molecular weight excluding hydrogens is 318 g/mol. The Labute approximate surface area is 152 Å². The summed E-state index contributed by atoms with van der Waals surface area (Å²) in [7, 11) is 0. The normalized spacial score (nSPS) is 14.5. The van der Waals surface area contributed by atoms with E-state index in [4.69, 9.17) is 5.41 Å². The molecule has 26 heavy (non-hydrogen) atoms. The molecule has 0 spiro atoms. The van der Waals surface area contributed by atoms with Crippen molar-refractivity contribution in [3.8, 4) is 0 Å². The summed E-state index contributed by atoms with van der Waals surface area (Å²) in [6.45, 7) is 1.63. The van der Waals surface area contributed by atoms with Gasteiger partial charge in [-0.2, -0.15) is 0 Å². The first kappa shape index (κ1) is 15.0. The van der Waals surface area contributed by atoms with E-state index in [9.17, 15) is 0 Å². The zero-order valence-corrected chi connectivity index (χ0v) is 14.4. The number of hydrogen-bond acceptors (Lipinski definition) is 1. The van der Waals surface area contributed by atoms with Crippen molar-refractivity contribution >= 4 is 38.9 Å². The zero-order valence-electron chi connectivity index (χ0n) is 14.4. The van der Waals surface area contributed by atoms with Gasteiger partial charge in [-0.1, -0.05) is 72.8 Å². The van der Waals surface area contributed by atoms with Gasteiger partial charge in [0.25, 0.3) is 0 Å². The molecule has 0 amide bonds. The highest BCUT2D eigenvalue weighted by Gasteiger charge is 2.29. The van der Waals surface area contributed by atoms with Gasteiger partial charge in [0.15, 0.2) is 0 Å². The molecule has 3 heteroatoms. The van der Waals surface area contributed by atoms with Crippen LogP contribution in [0.3, 0.4) is 0 Å². The molecule has 5 rings (SSSR count). The third-order valence-electron chi connectivity index (χ3n) is 5.17. The van der Waals surface area contributed by atoms with Crippen molar-refractivity contribution in [2.75, 3.05) is 22.9 Å². The molecule has 3 nitrogen and oxygen atoms in total. The van der Waals surface area contributed by atoms with Crippen molar-refractivity contribution in [3.05, 3.63) is 84.9 Å². The van der Waals surface area contributed by atoms with Crippen LogP contribution < -0.4 is 9.80 Å². The van der Waals surface area contributed by atoms with Crippen LogP contribution in [0.2, 0.25) is 0 Å². The van der Waals surface area contributed by atoms with Crippen LogP contribution in [-0.4, -0.2) is 19.0 Å². The largest absolute Gasteiger partial charge is 0.310 e. The van der Waals surface area contributed by atoms with Crippen LogP contribution in [0.4, 0.5) is 11.4 Å². The van der Waals surface area contributed by atoms with E-state index in [2.05, 4.69) is 94.7 Å². The Morgan fingerprint density at radius 3 is 1.46 bits per heavy atom. The fraction of sp³-hybridized carbons (Fsp3) is 0.0870. The molecule has 1 fully saturated rings. The van der Waals surface area contributed by atoms with Crippen molar-refractivity contribution in [2.24, 2.45) is 0 Å². The lowest BCUT2D eigenvalue weighted by atomic mass is 10.1. The van der Waals surface area contributed by atoms with E-state index < -0.39 is 0 Å². The Bertz CT molecular complexity index is 1030. The quantitative estimate of drug-likeness (QED) is 0.541. The number of hydrogen-bond donors (Lipinski definition) is 1. The van der Waals surface area contributed by atoms with E-state index in [1.54, 1.807) is 0 Å². The second-order valence-electron chi connectivity index (χ2n) is 6.62. The van der Waals surface area contributed by atoms with Crippen LogP contribution >= 0.6 is 0 Å². The van der Waals surface area contributed by atoms with Crippen LogP contribution in [0, 0.1) is 5.41 Å². The topological polar surface area (TPSA) is 30.3 Å². The molecule has 0 unspecified atom stereocenters. The van der Waals surface area contributed by atoms with E-state index >= 15 is 0 Å². The van der Waals surface area contributed by atoms with Crippen LogP contribution in [0.15, 0.2) is 84.9 Å². The van der Waals surface area contributed by atoms with Crippen LogP contribution in [0.1, 0.15) is 0 Å². The minimum Gasteiger partial charge on any atom is -0.310 e. The Morgan fingerprint density at radius 1 is 0.538 bits per heavy atom. The predicted molar refractivity (Wildman–Crippen MR) is 110 cm³/mol. The van der Waals surface area contributed by atoms with Gasteiger partial charge < -0.3 is 9.80 Å². The Balaban J connectivity index is 1.58. The molecule has 1 N–H and O–H groups in total.